The second-order valence-corrected chi connectivity index (χ2v) is 6.04. The van der Waals surface area contributed by atoms with E-state index in [1.54, 1.807) is 27.7 Å². The number of hydrogen-bond donors (Lipinski definition) is 3. The average Bonchev–Trinajstić information content (AvgIpc) is 2.35. The third-order valence-corrected chi connectivity index (χ3v) is 2.51. The molecular weight excluding hydrogens is 270 g/mol. The lowest BCUT2D eigenvalue weighted by Gasteiger charge is -2.19. The molecule has 0 spiro atoms. The Balaban J connectivity index is 0.000000394. The van der Waals surface area contributed by atoms with Crippen molar-refractivity contribution in [1.29, 1.82) is 0 Å². The molecule has 0 heterocycles. The van der Waals surface area contributed by atoms with E-state index in [2.05, 4.69) is 18.3 Å². The Morgan fingerprint density at radius 1 is 1.48 bits per heavy atom. The van der Waals surface area contributed by atoms with Gasteiger partial charge in [-0.1, -0.05) is 13.0 Å². The molecule has 1 amide bonds. The first-order valence-corrected chi connectivity index (χ1v) is 7.37. The lowest BCUT2D eigenvalue weighted by molar-refractivity contribution is 0.0498. The SMILES string of the molecule is CC(O)CNC(=O)OC(C)(C)C.CCC1=CCCC(O)=C1. The Kier molecular flexibility index (Phi) is 8.78. The van der Waals surface area contributed by atoms with Gasteiger partial charge in [-0.2, -0.15) is 0 Å². The maximum absolute atomic E-state index is 10.9. The van der Waals surface area contributed by atoms with Crippen LogP contribution in [0.3, 0.4) is 0 Å². The van der Waals surface area contributed by atoms with Crippen LogP contribution in [0.1, 0.15) is 53.9 Å². The average molecular weight is 299 g/mol. The smallest absolute Gasteiger partial charge is 0.407 e. The van der Waals surface area contributed by atoms with E-state index in [1.165, 1.54) is 5.57 Å². The fourth-order valence-corrected chi connectivity index (χ4v) is 1.54. The van der Waals surface area contributed by atoms with Gasteiger partial charge in [-0.05, 0) is 52.2 Å². The topological polar surface area (TPSA) is 78.8 Å². The van der Waals surface area contributed by atoms with Gasteiger partial charge in [-0.3, -0.25) is 0 Å². The number of carbonyl (C=O) groups is 1. The van der Waals surface area contributed by atoms with E-state index in [-0.39, 0.29) is 6.54 Å². The number of rotatable bonds is 3. The van der Waals surface area contributed by atoms with Crippen molar-refractivity contribution in [3.05, 3.63) is 23.5 Å². The summed E-state index contributed by atoms with van der Waals surface area (Å²) >= 11 is 0. The molecule has 0 aromatic carbocycles. The molecule has 1 aliphatic rings. The van der Waals surface area contributed by atoms with Gasteiger partial charge in [-0.15, -0.1) is 0 Å². The molecule has 0 aromatic heterocycles. The van der Waals surface area contributed by atoms with Gasteiger partial charge in [0.05, 0.1) is 11.9 Å². The molecule has 21 heavy (non-hydrogen) atoms. The maximum Gasteiger partial charge on any atom is 0.407 e. The van der Waals surface area contributed by atoms with Gasteiger partial charge in [0.1, 0.15) is 5.60 Å². The zero-order valence-corrected chi connectivity index (χ0v) is 13.8. The number of nitrogens with one attached hydrogen (secondary N) is 1. The summed E-state index contributed by atoms with van der Waals surface area (Å²) in [5.74, 6) is 0.536. The van der Waals surface area contributed by atoms with Gasteiger partial charge < -0.3 is 20.3 Å². The van der Waals surface area contributed by atoms with Crippen LogP contribution >= 0.6 is 0 Å². The number of carbonyl (C=O) groups excluding carboxylic acids is 1. The minimum Gasteiger partial charge on any atom is -0.512 e. The monoisotopic (exact) mass is 299 g/mol. The largest absolute Gasteiger partial charge is 0.512 e. The molecule has 5 nitrogen and oxygen atoms in total. The first-order valence-electron chi connectivity index (χ1n) is 7.37. The van der Waals surface area contributed by atoms with Crippen molar-refractivity contribution in [1.82, 2.24) is 5.32 Å². The van der Waals surface area contributed by atoms with Crippen molar-refractivity contribution in [3.63, 3.8) is 0 Å². The summed E-state index contributed by atoms with van der Waals surface area (Å²) in [6.45, 7) is 9.27. The lowest BCUT2D eigenvalue weighted by Crippen LogP contribution is -2.36. The number of ether oxygens (including phenoxy) is 1. The summed E-state index contributed by atoms with van der Waals surface area (Å²) in [7, 11) is 0. The number of aliphatic hydroxyl groups is 2. The molecule has 1 atom stereocenters. The molecule has 122 valence electrons. The number of allylic oxidation sites excluding steroid dienone is 4. The first kappa shape index (κ1) is 19.5. The van der Waals surface area contributed by atoms with Crippen molar-refractivity contribution >= 4 is 6.09 Å². The molecule has 5 heteroatoms. The van der Waals surface area contributed by atoms with Crippen LogP contribution in [-0.4, -0.2) is 34.6 Å². The minimum atomic E-state index is -0.544. The molecule has 0 fully saturated rings. The summed E-state index contributed by atoms with van der Waals surface area (Å²) in [6.07, 6.45) is 5.86. The lowest BCUT2D eigenvalue weighted by atomic mass is 10.0. The number of alkyl carbamates (subject to hydrolysis) is 1. The zero-order chi connectivity index (χ0) is 16.5. The summed E-state index contributed by atoms with van der Waals surface area (Å²) in [5.41, 5.74) is 0.779. The molecule has 1 aliphatic carbocycles. The first-order chi connectivity index (χ1) is 9.64. The number of amides is 1. The number of aliphatic hydroxyl groups excluding tert-OH is 2. The van der Waals surface area contributed by atoms with Crippen LogP contribution in [0.4, 0.5) is 4.79 Å². The van der Waals surface area contributed by atoms with E-state index < -0.39 is 17.8 Å². The van der Waals surface area contributed by atoms with Crippen LogP contribution in [0.15, 0.2) is 23.5 Å². The highest BCUT2D eigenvalue weighted by atomic mass is 16.6. The van der Waals surface area contributed by atoms with Crippen molar-refractivity contribution in [2.75, 3.05) is 6.54 Å². The Morgan fingerprint density at radius 2 is 2.10 bits per heavy atom. The van der Waals surface area contributed by atoms with Crippen molar-refractivity contribution in [2.24, 2.45) is 0 Å². The zero-order valence-electron chi connectivity index (χ0n) is 13.8. The van der Waals surface area contributed by atoms with Crippen LogP contribution in [0, 0.1) is 0 Å². The van der Waals surface area contributed by atoms with Crippen LogP contribution < -0.4 is 5.32 Å². The van der Waals surface area contributed by atoms with E-state index in [1.807, 2.05) is 6.08 Å². The second kappa shape index (κ2) is 9.45. The molecule has 1 unspecified atom stereocenters. The highest BCUT2D eigenvalue weighted by molar-refractivity contribution is 5.67. The van der Waals surface area contributed by atoms with E-state index in [0.717, 1.165) is 19.3 Å². The summed E-state index contributed by atoms with van der Waals surface area (Å²) < 4.78 is 4.93. The van der Waals surface area contributed by atoms with Crippen molar-refractivity contribution in [3.8, 4) is 0 Å². The van der Waals surface area contributed by atoms with Crippen LogP contribution in [0.5, 0.6) is 0 Å². The molecule has 3 N–H and O–H groups in total. The van der Waals surface area contributed by atoms with E-state index in [0.29, 0.717) is 5.76 Å². The highest BCUT2D eigenvalue weighted by Crippen LogP contribution is 2.16. The van der Waals surface area contributed by atoms with Gasteiger partial charge in [-0.25, -0.2) is 4.79 Å². The van der Waals surface area contributed by atoms with Crippen LogP contribution in [0.25, 0.3) is 0 Å². The summed E-state index contributed by atoms with van der Waals surface area (Å²) in [4.78, 5) is 10.9. The standard InChI is InChI=1S/C8H17NO3.C8H12O/c1-6(10)5-9-7(11)12-8(2,3)4;1-2-7-4-3-5-8(9)6-7/h6,10H,5H2,1-4H3,(H,9,11);4,6,9H,2-3,5H2,1H3. The van der Waals surface area contributed by atoms with Gasteiger partial charge in [0.15, 0.2) is 0 Å². The Labute approximate surface area is 127 Å². The van der Waals surface area contributed by atoms with E-state index >= 15 is 0 Å². The van der Waals surface area contributed by atoms with Gasteiger partial charge in [0, 0.05) is 13.0 Å². The predicted molar refractivity (Wildman–Crippen MR) is 84.2 cm³/mol. The highest BCUT2D eigenvalue weighted by Gasteiger charge is 2.15. The molecule has 1 rings (SSSR count). The van der Waals surface area contributed by atoms with E-state index in [9.17, 15) is 4.79 Å². The molecule has 0 aliphatic heterocycles. The predicted octanol–water partition coefficient (Wildman–Crippen LogP) is 3.45. The molecule has 0 saturated heterocycles. The second-order valence-electron chi connectivity index (χ2n) is 6.04. The van der Waals surface area contributed by atoms with Gasteiger partial charge >= 0.3 is 6.09 Å². The fourth-order valence-electron chi connectivity index (χ4n) is 1.54. The maximum atomic E-state index is 10.9. The van der Waals surface area contributed by atoms with E-state index in [4.69, 9.17) is 14.9 Å². The molecule has 0 aromatic rings. The molecule has 0 bridgehead atoms. The third-order valence-electron chi connectivity index (χ3n) is 2.51. The molecule has 0 saturated carbocycles. The summed E-state index contributed by atoms with van der Waals surface area (Å²) in [6, 6.07) is 0. The Bertz CT molecular complexity index is 378. The number of hydrogen-bond acceptors (Lipinski definition) is 4. The Hall–Kier alpha value is -1.49. The quantitative estimate of drug-likeness (QED) is 0.745. The van der Waals surface area contributed by atoms with Crippen molar-refractivity contribution in [2.45, 2.75) is 65.6 Å². The summed E-state index contributed by atoms with van der Waals surface area (Å²) in [5, 5.41) is 20.3. The minimum absolute atomic E-state index is 0.217. The fraction of sp³-hybridized carbons (Fsp3) is 0.688. The van der Waals surface area contributed by atoms with Crippen molar-refractivity contribution < 1.29 is 19.7 Å². The normalized spacial score (nSPS) is 15.9. The third kappa shape index (κ3) is 12.0. The molecular formula is C16H29NO4. The van der Waals surface area contributed by atoms with Gasteiger partial charge in [0.2, 0.25) is 0 Å². The van der Waals surface area contributed by atoms with Gasteiger partial charge in [0.25, 0.3) is 0 Å². The Morgan fingerprint density at radius 3 is 2.48 bits per heavy atom. The van der Waals surface area contributed by atoms with Crippen LogP contribution in [0.2, 0.25) is 0 Å². The molecule has 0 radical (unpaired) electrons. The van der Waals surface area contributed by atoms with Crippen LogP contribution in [-0.2, 0) is 4.74 Å².